The van der Waals surface area contributed by atoms with Crippen LogP contribution in [0.15, 0.2) is 24.3 Å². The number of rotatable bonds is 3. The highest BCUT2D eigenvalue weighted by molar-refractivity contribution is 6.44. The third-order valence-electron chi connectivity index (χ3n) is 2.59. The first kappa shape index (κ1) is 14.9. The molecule has 0 unspecified atom stereocenters. The smallest absolute Gasteiger partial charge is 0.337 e. The molecular weight excluding hydrogens is 323 g/mol. The van der Waals surface area contributed by atoms with Gasteiger partial charge in [-0.15, -0.1) is 0 Å². The zero-order valence-corrected chi connectivity index (χ0v) is 12.5. The Balaban J connectivity index is 2.33. The van der Waals surface area contributed by atoms with Crippen LogP contribution in [0.25, 0.3) is 0 Å². The summed E-state index contributed by atoms with van der Waals surface area (Å²) >= 11 is 17.8. The number of carboxylic acid groups (broad SMARTS) is 1. The second-order valence-electron chi connectivity index (χ2n) is 4.01. The second kappa shape index (κ2) is 5.87. The van der Waals surface area contributed by atoms with E-state index in [1.165, 1.54) is 12.1 Å². The Bertz CT molecular complexity index is 690. The first-order chi connectivity index (χ1) is 9.38. The van der Waals surface area contributed by atoms with Gasteiger partial charge < -0.3 is 10.4 Å². The van der Waals surface area contributed by atoms with E-state index in [1.807, 2.05) is 0 Å². The Labute approximate surface area is 130 Å². The third kappa shape index (κ3) is 3.15. The maximum Gasteiger partial charge on any atom is 0.337 e. The normalized spacial score (nSPS) is 10.4. The molecule has 1 heterocycles. The van der Waals surface area contributed by atoms with Crippen LogP contribution in [0.1, 0.15) is 16.1 Å². The van der Waals surface area contributed by atoms with Gasteiger partial charge in [0.2, 0.25) is 0 Å². The number of carboxylic acids is 1. The molecule has 20 heavy (non-hydrogen) atoms. The van der Waals surface area contributed by atoms with Crippen LogP contribution in [0.3, 0.4) is 0 Å². The summed E-state index contributed by atoms with van der Waals surface area (Å²) in [6, 6.07) is 6.12. The van der Waals surface area contributed by atoms with Crippen molar-refractivity contribution in [2.75, 3.05) is 5.32 Å². The fourth-order valence-corrected chi connectivity index (χ4v) is 2.21. The number of hydrogen-bond acceptors (Lipinski definition) is 3. The molecule has 0 radical (unpaired) electrons. The number of aromatic carboxylic acids is 1. The second-order valence-corrected chi connectivity index (χ2v) is 5.23. The number of nitrogens with one attached hydrogen (secondary N) is 1. The van der Waals surface area contributed by atoms with E-state index in [0.717, 1.165) is 0 Å². The molecule has 0 fully saturated rings. The molecule has 2 rings (SSSR count). The van der Waals surface area contributed by atoms with Crippen LogP contribution < -0.4 is 5.32 Å². The first-order valence-corrected chi connectivity index (χ1v) is 6.64. The summed E-state index contributed by atoms with van der Waals surface area (Å²) in [7, 11) is 0. The predicted octanol–water partition coefficient (Wildman–Crippen LogP) is 4.79. The van der Waals surface area contributed by atoms with Crippen molar-refractivity contribution < 1.29 is 9.90 Å². The molecule has 0 aliphatic rings. The van der Waals surface area contributed by atoms with Gasteiger partial charge in [0.25, 0.3) is 0 Å². The number of anilines is 2. The van der Waals surface area contributed by atoms with E-state index >= 15 is 0 Å². The Hall–Kier alpha value is -1.49. The van der Waals surface area contributed by atoms with Gasteiger partial charge in [-0.3, -0.25) is 0 Å². The summed E-state index contributed by atoms with van der Waals surface area (Å²) in [5.41, 5.74) is 1.09. The Morgan fingerprint density at radius 1 is 1.15 bits per heavy atom. The molecule has 0 aliphatic heterocycles. The molecule has 1 aromatic carbocycles. The number of nitrogens with zero attached hydrogens (tertiary/aromatic N) is 1. The van der Waals surface area contributed by atoms with Crippen LogP contribution in [0, 0.1) is 6.92 Å². The quantitative estimate of drug-likeness (QED) is 0.794. The maximum atomic E-state index is 10.9. The summed E-state index contributed by atoms with van der Waals surface area (Å²) in [6.07, 6.45) is 0. The first-order valence-electron chi connectivity index (χ1n) is 5.51. The van der Waals surface area contributed by atoms with Gasteiger partial charge >= 0.3 is 5.97 Å². The van der Waals surface area contributed by atoms with Crippen molar-refractivity contribution >= 4 is 52.3 Å². The highest BCUT2D eigenvalue weighted by Gasteiger charge is 2.10. The molecule has 0 aliphatic carbocycles. The van der Waals surface area contributed by atoms with Gasteiger partial charge in [0.05, 0.1) is 32.0 Å². The molecular formula is C13H9Cl3N2O2. The number of carbonyl (C=O) groups is 1. The Morgan fingerprint density at radius 2 is 1.80 bits per heavy atom. The molecule has 1 aromatic heterocycles. The lowest BCUT2D eigenvalue weighted by Gasteiger charge is -2.10. The van der Waals surface area contributed by atoms with Crippen molar-refractivity contribution in [2.24, 2.45) is 0 Å². The SMILES string of the molecule is Cc1nc(Nc2cc(Cl)c(Cl)cc2Cl)ccc1C(=O)O. The molecule has 2 aromatic rings. The van der Waals surface area contributed by atoms with E-state index in [0.29, 0.717) is 32.3 Å². The minimum atomic E-state index is -1.02. The van der Waals surface area contributed by atoms with Crippen molar-refractivity contribution in [3.8, 4) is 0 Å². The van der Waals surface area contributed by atoms with Crippen molar-refractivity contribution in [3.63, 3.8) is 0 Å². The van der Waals surface area contributed by atoms with E-state index in [-0.39, 0.29) is 5.56 Å². The molecule has 4 nitrogen and oxygen atoms in total. The van der Waals surface area contributed by atoms with E-state index in [9.17, 15) is 4.79 Å². The maximum absolute atomic E-state index is 10.9. The number of benzene rings is 1. The van der Waals surface area contributed by atoms with Crippen molar-refractivity contribution in [3.05, 3.63) is 50.6 Å². The van der Waals surface area contributed by atoms with Gasteiger partial charge in [0.15, 0.2) is 0 Å². The molecule has 0 saturated heterocycles. The lowest BCUT2D eigenvalue weighted by molar-refractivity contribution is 0.0695. The molecule has 7 heteroatoms. The van der Waals surface area contributed by atoms with Gasteiger partial charge in [-0.1, -0.05) is 34.8 Å². The molecule has 2 N–H and O–H groups in total. The average Bonchev–Trinajstić information content (AvgIpc) is 2.35. The van der Waals surface area contributed by atoms with Crippen molar-refractivity contribution in [1.82, 2.24) is 4.98 Å². The summed E-state index contributed by atoms with van der Waals surface area (Å²) < 4.78 is 0. The summed E-state index contributed by atoms with van der Waals surface area (Å²) in [4.78, 5) is 15.1. The highest BCUT2D eigenvalue weighted by atomic mass is 35.5. The van der Waals surface area contributed by atoms with E-state index in [4.69, 9.17) is 39.9 Å². The minimum Gasteiger partial charge on any atom is -0.478 e. The van der Waals surface area contributed by atoms with E-state index in [1.54, 1.807) is 19.1 Å². The van der Waals surface area contributed by atoms with E-state index in [2.05, 4.69) is 10.3 Å². The standard InChI is InChI=1S/C13H9Cl3N2O2/c1-6-7(13(19)20)2-3-12(17-6)18-11-5-9(15)8(14)4-10(11)16/h2-5H,1H3,(H,17,18)(H,19,20). The van der Waals surface area contributed by atoms with Crippen LogP contribution in [0.2, 0.25) is 15.1 Å². The van der Waals surface area contributed by atoms with Gasteiger partial charge in [0, 0.05) is 0 Å². The fraction of sp³-hybridized carbons (Fsp3) is 0.0769. The molecule has 0 saturated carbocycles. The predicted molar refractivity (Wildman–Crippen MR) is 80.7 cm³/mol. The van der Waals surface area contributed by atoms with Gasteiger partial charge in [-0.2, -0.15) is 0 Å². The highest BCUT2D eigenvalue weighted by Crippen LogP contribution is 2.33. The van der Waals surface area contributed by atoms with Crippen LogP contribution in [0.5, 0.6) is 0 Å². The van der Waals surface area contributed by atoms with Crippen molar-refractivity contribution in [1.29, 1.82) is 0 Å². The van der Waals surface area contributed by atoms with E-state index < -0.39 is 5.97 Å². The molecule has 0 spiro atoms. The Morgan fingerprint density at radius 3 is 2.40 bits per heavy atom. The van der Waals surface area contributed by atoms with Gasteiger partial charge in [0.1, 0.15) is 5.82 Å². The molecule has 0 amide bonds. The number of halogens is 3. The molecule has 104 valence electrons. The summed E-state index contributed by atoms with van der Waals surface area (Å²) in [5.74, 6) is -0.554. The molecule has 0 bridgehead atoms. The number of hydrogen-bond donors (Lipinski definition) is 2. The lowest BCUT2D eigenvalue weighted by atomic mass is 10.2. The Kier molecular flexibility index (Phi) is 4.38. The minimum absolute atomic E-state index is 0.149. The van der Waals surface area contributed by atoms with Crippen LogP contribution in [0.4, 0.5) is 11.5 Å². The average molecular weight is 332 g/mol. The zero-order chi connectivity index (χ0) is 14.9. The summed E-state index contributed by atoms with van der Waals surface area (Å²) in [6.45, 7) is 1.62. The lowest BCUT2D eigenvalue weighted by Crippen LogP contribution is -2.03. The van der Waals surface area contributed by atoms with Crippen LogP contribution in [-0.4, -0.2) is 16.1 Å². The zero-order valence-electron chi connectivity index (χ0n) is 10.2. The number of aromatic nitrogens is 1. The largest absolute Gasteiger partial charge is 0.478 e. The van der Waals surface area contributed by atoms with Crippen LogP contribution in [-0.2, 0) is 0 Å². The molecule has 0 atom stereocenters. The summed E-state index contributed by atoms with van der Waals surface area (Å²) in [5, 5.41) is 13.0. The van der Waals surface area contributed by atoms with Gasteiger partial charge in [-0.25, -0.2) is 9.78 Å². The topological polar surface area (TPSA) is 62.2 Å². The van der Waals surface area contributed by atoms with Crippen LogP contribution >= 0.6 is 34.8 Å². The van der Waals surface area contributed by atoms with Gasteiger partial charge in [-0.05, 0) is 31.2 Å². The number of pyridine rings is 1. The van der Waals surface area contributed by atoms with Crippen molar-refractivity contribution in [2.45, 2.75) is 6.92 Å². The monoisotopic (exact) mass is 330 g/mol. The number of aryl methyl sites for hydroxylation is 1. The fourth-order valence-electron chi connectivity index (χ4n) is 1.61. The third-order valence-corrected chi connectivity index (χ3v) is 3.62.